The van der Waals surface area contributed by atoms with E-state index in [-0.39, 0.29) is 24.1 Å². The van der Waals surface area contributed by atoms with E-state index in [1.807, 2.05) is 18.2 Å². The maximum absolute atomic E-state index is 12.1. The summed E-state index contributed by atoms with van der Waals surface area (Å²) >= 11 is 5.67. The molecule has 1 heterocycles. The number of halogens is 1. The van der Waals surface area contributed by atoms with Crippen molar-refractivity contribution in [2.24, 2.45) is 0 Å². The summed E-state index contributed by atoms with van der Waals surface area (Å²) in [6.07, 6.45) is 4.26. The third kappa shape index (κ3) is 3.92. The van der Waals surface area contributed by atoms with Gasteiger partial charge in [0.2, 0.25) is 0 Å². The van der Waals surface area contributed by atoms with E-state index in [1.165, 1.54) is 23.9 Å². The molecule has 1 atom stereocenters. The number of fused-ring (bicyclic) bond motifs is 1. The van der Waals surface area contributed by atoms with Crippen molar-refractivity contribution in [3.8, 4) is 0 Å². The van der Waals surface area contributed by atoms with Crippen LogP contribution in [0, 0.1) is 0 Å². The number of carbonyl (C=O) groups is 2. The third-order valence-corrected chi connectivity index (χ3v) is 4.23. The Morgan fingerprint density at radius 2 is 2.08 bits per heavy atom. The standard InChI is InChI=1S/C18H17ClN2O3/c19-16-9-8-13(10-20-16)18(23)24-11-17(22)21-15-7-3-5-12-4-1-2-6-14(12)15/h1-2,4,6,8-10,15H,3,5,7,11H2,(H,21,22). The van der Waals surface area contributed by atoms with E-state index in [1.54, 1.807) is 0 Å². The molecule has 24 heavy (non-hydrogen) atoms. The van der Waals surface area contributed by atoms with E-state index >= 15 is 0 Å². The monoisotopic (exact) mass is 344 g/mol. The Labute approximate surface area is 145 Å². The van der Waals surface area contributed by atoms with Crippen LogP contribution in [0.25, 0.3) is 0 Å². The van der Waals surface area contributed by atoms with Crippen LogP contribution in [0.1, 0.15) is 40.4 Å². The number of rotatable bonds is 4. The number of nitrogens with zero attached hydrogens (tertiary/aromatic N) is 1. The first-order valence-corrected chi connectivity index (χ1v) is 8.17. The van der Waals surface area contributed by atoms with Crippen LogP contribution in [0.4, 0.5) is 0 Å². The first-order chi connectivity index (χ1) is 11.6. The summed E-state index contributed by atoms with van der Waals surface area (Å²) < 4.78 is 5.03. The SMILES string of the molecule is O=C(COC(=O)c1ccc(Cl)nc1)NC1CCCc2ccccc21. The Morgan fingerprint density at radius 3 is 2.88 bits per heavy atom. The normalized spacial score (nSPS) is 16.1. The van der Waals surface area contributed by atoms with Crippen molar-refractivity contribution in [1.29, 1.82) is 0 Å². The van der Waals surface area contributed by atoms with Crippen molar-refractivity contribution in [2.75, 3.05) is 6.61 Å². The molecule has 1 unspecified atom stereocenters. The summed E-state index contributed by atoms with van der Waals surface area (Å²) in [4.78, 5) is 27.8. The fourth-order valence-corrected chi connectivity index (χ4v) is 2.96. The molecule has 5 nitrogen and oxygen atoms in total. The largest absolute Gasteiger partial charge is 0.452 e. The number of hydrogen-bond acceptors (Lipinski definition) is 4. The zero-order valence-corrected chi connectivity index (χ0v) is 13.8. The molecule has 0 spiro atoms. The van der Waals surface area contributed by atoms with Crippen LogP contribution >= 0.6 is 11.6 Å². The molecule has 1 aliphatic rings. The van der Waals surface area contributed by atoms with Crippen LogP contribution in [0.2, 0.25) is 5.15 Å². The molecule has 1 amide bonds. The fraction of sp³-hybridized carbons (Fsp3) is 0.278. The number of ether oxygens (including phenoxy) is 1. The molecule has 1 aromatic carbocycles. The lowest BCUT2D eigenvalue weighted by Crippen LogP contribution is -2.34. The number of esters is 1. The second-order valence-corrected chi connectivity index (χ2v) is 6.04. The summed E-state index contributed by atoms with van der Waals surface area (Å²) in [5.74, 6) is -0.912. The highest BCUT2D eigenvalue weighted by molar-refractivity contribution is 6.29. The van der Waals surface area contributed by atoms with Gasteiger partial charge in [-0.05, 0) is 42.5 Å². The predicted molar refractivity (Wildman–Crippen MR) is 89.8 cm³/mol. The van der Waals surface area contributed by atoms with Crippen LogP contribution in [0.3, 0.4) is 0 Å². The summed E-state index contributed by atoms with van der Waals surface area (Å²) in [6, 6.07) is 11.1. The van der Waals surface area contributed by atoms with Gasteiger partial charge in [0.25, 0.3) is 5.91 Å². The van der Waals surface area contributed by atoms with Crippen molar-refractivity contribution in [3.63, 3.8) is 0 Å². The molecule has 124 valence electrons. The maximum atomic E-state index is 12.1. The highest BCUT2D eigenvalue weighted by Crippen LogP contribution is 2.29. The van der Waals surface area contributed by atoms with Crippen molar-refractivity contribution in [1.82, 2.24) is 10.3 Å². The molecule has 1 N–H and O–H groups in total. The van der Waals surface area contributed by atoms with E-state index in [0.29, 0.717) is 5.15 Å². The Bertz CT molecular complexity index is 746. The van der Waals surface area contributed by atoms with Crippen LogP contribution in [-0.2, 0) is 16.0 Å². The molecule has 3 rings (SSSR count). The third-order valence-electron chi connectivity index (χ3n) is 4.00. The number of aromatic nitrogens is 1. The number of pyridine rings is 1. The molecule has 0 radical (unpaired) electrons. The van der Waals surface area contributed by atoms with Gasteiger partial charge in [0.05, 0.1) is 11.6 Å². The number of aryl methyl sites for hydroxylation is 1. The van der Waals surface area contributed by atoms with Gasteiger partial charge in [-0.3, -0.25) is 4.79 Å². The second-order valence-electron chi connectivity index (χ2n) is 5.66. The molecule has 0 saturated carbocycles. The molecular weight excluding hydrogens is 328 g/mol. The van der Waals surface area contributed by atoms with Crippen LogP contribution < -0.4 is 5.32 Å². The molecule has 0 bridgehead atoms. The minimum Gasteiger partial charge on any atom is -0.452 e. The van der Waals surface area contributed by atoms with Crippen LogP contribution in [0.5, 0.6) is 0 Å². The van der Waals surface area contributed by atoms with Gasteiger partial charge in [-0.25, -0.2) is 9.78 Å². The fourth-order valence-electron chi connectivity index (χ4n) is 2.85. The number of amides is 1. The Balaban J connectivity index is 1.55. The Hall–Kier alpha value is -2.40. The Kier molecular flexibility index (Phi) is 5.11. The van der Waals surface area contributed by atoms with E-state index in [0.717, 1.165) is 24.8 Å². The van der Waals surface area contributed by atoms with Crippen LogP contribution in [-0.4, -0.2) is 23.5 Å². The highest BCUT2D eigenvalue weighted by Gasteiger charge is 2.21. The van der Waals surface area contributed by atoms with Gasteiger partial charge in [-0.2, -0.15) is 0 Å². The molecular formula is C18H17ClN2O3. The van der Waals surface area contributed by atoms with Crippen molar-refractivity contribution in [2.45, 2.75) is 25.3 Å². The summed E-state index contributed by atoms with van der Waals surface area (Å²) in [5.41, 5.74) is 2.67. The maximum Gasteiger partial charge on any atom is 0.340 e. The van der Waals surface area contributed by atoms with E-state index in [2.05, 4.69) is 16.4 Å². The predicted octanol–water partition coefficient (Wildman–Crippen LogP) is 3.09. The van der Waals surface area contributed by atoms with Crippen molar-refractivity contribution in [3.05, 3.63) is 64.4 Å². The number of hydrogen-bond donors (Lipinski definition) is 1. The summed E-state index contributed by atoms with van der Waals surface area (Å²) in [7, 11) is 0. The van der Waals surface area contributed by atoms with Gasteiger partial charge in [-0.15, -0.1) is 0 Å². The number of carbonyl (C=O) groups excluding carboxylic acids is 2. The quantitative estimate of drug-likeness (QED) is 0.683. The topological polar surface area (TPSA) is 68.3 Å². The van der Waals surface area contributed by atoms with Gasteiger partial charge < -0.3 is 10.1 Å². The molecule has 0 fully saturated rings. The highest BCUT2D eigenvalue weighted by atomic mass is 35.5. The van der Waals surface area contributed by atoms with Crippen molar-refractivity contribution >= 4 is 23.5 Å². The molecule has 1 aromatic heterocycles. The summed E-state index contributed by atoms with van der Waals surface area (Å²) in [6.45, 7) is -0.319. The zero-order valence-electron chi connectivity index (χ0n) is 13.0. The first-order valence-electron chi connectivity index (χ1n) is 7.79. The van der Waals surface area contributed by atoms with E-state index in [4.69, 9.17) is 16.3 Å². The lowest BCUT2D eigenvalue weighted by Gasteiger charge is -2.26. The lowest BCUT2D eigenvalue weighted by atomic mass is 9.88. The van der Waals surface area contributed by atoms with Crippen LogP contribution in [0.15, 0.2) is 42.6 Å². The number of benzene rings is 1. The van der Waals surface area contributed by atoms with Gasteiger partial charge in [0.15, 0.2) is 6.61 Å². The second kappa shape index (κ2) is 7.45. The first kappa shape index (κ1) is 16.5. The lowest BCUT2D eigenvalue weighted by molar-refractivity contribution is -0.125. The minimum absolute atomic E-state index is 0.0293. The molecule has 1 aliphatic carbocycles. The van der Waals surface area contributed by atoms with Crippen molar-refractivity contribution < 1.29 is 14.3 Å². The van der Waals surface area contributed by atoms with Gasteiger partial charge >= 0.3 is 5.97 Å². The van der Waals surface area contributed by atoms with E-state index < -0.39 is 5.97 Å². The molecule has 0 saturated heterocycles. The zero-order chi connectivity index (χ0) is 16.9. The minimum atomic E-state index is -0.599. The van der Waals surface area contributed by atoms with E-state index in [9.17, 15) is 9.59 Å². The smallest absolute Gasteiger partial charge is 0.340 e. The van der Waals surface area contributed by atoms with Gasteiger partial charge in [0, 0.05) is 6.20 Å². The Morgan fingerprint density at radius 1 is 1.25 bits per heavy atom. The summed E-state index contributed by atoms with van der Waals surface area (Å²) in [5, 5.41) is 3.23. The molecule has 0 aliphatic heterocycles. The molecule has 6 heteroatoms. The average Bonchev–Trinajstić information content (AvgIpc) is 2.61. The van der Waals surface area contributed by atoms with Gasteiger partial charge in [0.1, 0.15) is 5.15 Å². The average molecular weight is 345 g/mol. The molecule has 2 aromatic rings. The van der Waals surface area contributed by atoms with Gasteiger partial charge in [-0.1, -0.05) is 35.9 Å². The number of nitrogens with one attached hydrogen (secondary N) is 1.